The molecule has 0 radical (unpaired) electrons. The van der Waals surface area contributed by atoms with E-state index in [9.17, 15) is 0 Å². The van der Waals surface area contributed by atoms with Crippen LogP contribution in [0.2, 0.25) is 0 Å². The Balaban J connectivity index is 3.34. The lowest BCUT2D eigenvalue weighted by Gasteiger charge is -2.23. The molecule has 0 heterocycles. The van der Waals surface area contributed by atoms with Crippen molar-refractivity contribution in [3.05, 3.63) is 0 Å². The third-order valence-corrected chi connectivity index (χ3v) is 4.35. The van der Waals surface area contributed by atoms with Gasteiger partial charge in [-0.2, -0.15) is 0 Å². The van der Waals surface area contributed by atoms with Crippen LogP contribution in [0.1, 0.15) is 0 Å². The maximum absolute atomic E-state index is 2.53. The largest absolute Gasteiger partial charge is 0.334 e. The van der Waals surface area contributed by atoms with Gasteiger partial charge < -0.3 is 13.4 Å². The van der Waals surface area contributed by atoms with Crippen LogP contribution in [0.3, 0.4) is 0 Å². The van der Waals surface area contributed by atoms with Crippen molar-refractivity contribution in [1.82, 2.24) is 13.4 Å². The van der Waals surface area contributed by atoms with Crippen molar-refractivity contribution >= 4 is 19.7 Å². The molecule has 0 aromatic rings. The zero-order valence-corrected chi connectivity index (χ0v) is 10.6. The Morgan fingerprint density at radius 3 is 1.20 bits per heavy atom. The molecule has 0 rings (SSSR count). The first-order chi connectivity index (χ1) is 4.52. The summed E-state index contributed by atoms with van der Waals surface area (Å²) < 4.78 is 7.19. The van der Waals surface area contributed by atoms with Crippen molar-refractivity contribution in [1.29, 1.82) is 0 Å². The molecule has 10 heavy (non-hydrogen) atoms. The molecule has 0 aromatic heterocycles. The zero-order valence-electron chi connectivity index (χ0n) is 7.76. The Kier molecular flexibility index (Phi) is 5.19. The molecule has 5 heteroatoms. The van der Waals surface area contributed by atoms with Crippen molar-refractivity contribution in [3.8, 4) is 0 Å². The molecule has 0 aliphatic rings. The number of hydrogen-bond donors (Lipinski definition) is 0. The third-order valence-electron chi connectivity index (χ3n) is 1.05. The van der Waals surface area contributed by atoms with Crippen LogP contribution in [0.15, 0.2) is 0 Å². The molecule has 0 aliphatic carbocycles. The lowest BCUT2D eigenvalue weighted by atomic mass is 11.3. The summed E-state index contributed by atoms with van der Waals surface area (Å²) in [6, 6.07) is 0. The Morgan fingerprint density at radius 1 is 0.700 bits per heavy atom. The molecule has 3 nitrogen and oxygen atoms in total. The summed E-state index contributed by atoms with van der Waals surface area (Å²) in [4.78, 5) is 0. The Labute approximate surface area is 68.9 Å². The summed E-state index contributed by atoms with van der Waals surface area (Å²) in [6.45, 7) is 0. The Morgan fingerprint density at radius 2 is 1.00 bits per heavy atom. The lowest BCUT2D eigenvalue weighted by molar-refractivity contribution is 0.563. The van der Waals surface area contributed by atoms with Crippen LogP contribution in [-0.4, -0.2) is 68.3 Å². The Bertz CT molecular complexity index is 77.0. The second kappa shape index (κ2) is 5.03. The molecule has 0 fully saturated rings. The molecular formula is C5H19N3Si2. The maximum atomic E-state index is 2.53. The van der Waals surface area contributed by atoms with Gasteiger partial charge >= 0.3 is 0 Å². The van der Waals surface area contributed by atoms with Crippen LogP contribution < -0.4 is 0 Å². The van der Waals surface area contributed by atoms with Crippen molar-refractivity contribution in [2.24, 2.45) is 0 Å². The van der Waals surface area contributed by atoms with Gasteiger partial charge in [0.05, 0.1) is 0 Å². The van der Waals surface area contributed by atoms with E-state index in [0.717, 1.165) is 0 Å². The van der Waals surface area contributed by atoms with Gasteiger partial charge in [-0.05, 0) is 35.2 Å². The van der Waals surface area contributed by atoms with E-state index in [2.05, 4.69) is 48.6 Å². The van der Waals surface area contributed by atoms with Crippen molar-refractivity contribution in [3.63, 3.8) is 0 Å². The van der Waals surface area contributed by atoms with Gasteiger partial charge in [-0.1, -0.05) is 0 Å². The lowest BCUT2D eigenvalue weighted by Crippen LogP contribution is -2.42. The minimum absolute atomic E-state index is 0.0856. The fourth-order valence-corrected chi connectivity index (χ4v) is 5.70. The highest BCUT2D eigenvalue weighted by atomic mass is 28.3. The van der Waals surface area contributed by atoms with Crippen molar-refractivity contribution in [2.75, 3.05) is 35.2 Å². The SMILES string of the molecule is CN(C)[SiH2]N(C)[SiH2]N(C)C. The van der Waals surface area contributed by atoms with E-state index in [0.29, 0.717) is 0 Å². The molecule has 62 valence electrons. The summed E-state index contributed by atoms with van der Waals surface area (Å²) in [5.74, 6) is 0. The normalized spacial score (nSPS) is 14.4. The van der Waals surface area contributed by atoms with Crippen molar-refractivity contribution in [2.45, 2.75) is 0 Å². The predicted molar refractivity (Wildman–Crippen MR) is 52.2 cm³/mol. The fraction of sp³-hybridized carbons (Fsp3) is 1.00. The smallest absolute Gasteiger partial charge is 0.166 e. The van der Waals surface area contributed by atoms with Crippen LogP contribution in [0.5, 0.6) is 0 Å². The average molecular weight is 177 g/mol. The van der Waals surface area contributed by atoms with E-state index in [1.165, 1.54) is 0 Å². The van der Waals surface area contributed by atoms with E-state index in [4.69, 9.17) is 0 Å². The molecule has 0 bridgehead atoms. The molecule has 0 amide bonds. The third kappa shape index (κ3) is 6.43. The van der Waals surface area contributed by atoms with Gasteiger partial charge in [-0.25, -0.2) is 0 Å². The van der Waals surface area contributed by atoms with Gasteiger partial charge in [-0.15, -0.1) is 0 Å². The number of rotatable bonds is 4. The topological polar surface area (TPSA) is 9.72 Å². The first kappa shape index (κ1) is 10.3. The molecular weight excluding hydrogens is 158 g/mol. The van der Waals surface area contributed by atoms with Gasteiger partial charge in [-0.3, -0.25) is 0 Å². The van der Waals surface area contributed by atoms with E-state index >= 15 is 0 Å². The molecule has 0 saturated heterocycles. The summed E-state index contributed by atoms with van der Waals surface area (Å²) in [6.07, 6.45) is 0. The van der Waals surface area contributed by atoms with Gasteiger partial charge in [0.25, 0.3) is 0 Å². The molecule has 0 N–H and O–H groups in total. The summed E-state index contributed by atoms with van der Waals surface area (Å²) >= 11 is 0. The highest BCUT2D eigenvalue weighted by molar-refractivity contribution is 6.46. The summed E-state index contributed by atoms with van der Waals surface area (Å²) in [5.41, 5.74) is 0. The monoisotopic (exact) mass is 177 g/mol. The first-order valence-corrected chi connectivity index (χ1v) is 6.03. The van der Waals surface area contributed by atoms with Crippen LogP contribution in [-0.2, 0) is 0 Å². The van der Waals surface area contributed by atoms with E-state index in [1.807, 2.05) is 0 Å². The molecule has 0 aromatic carbocycles. The van der Waals surface area contributed by atoms with Gasteiger partial charge in [0.15, 0.2) is 19.7 Å². The minimum atomic E-state index is -0.0856. The second-order valence-corrected chi connectivity index (χ2v) is 9.45. The average Bonchev–Trinajstić information content (AvgIpc) is 1.58. The first-order valence-electron chi connectivity index (χ1n) is 3.50. The highest BCUT2D eigenvalue weighted by Gasteiger charge is 2.01. The standard InChI is InChI=1S/C5H19N3Si2/c1-6(2)9-8(5)10-7(3)4/h9-10H2,1-5H3. The van der Waals surface area contributed by atoms with Gasteiger partial charge in [0.2, 0.25) is 0 Å². The van der Waals surface area contributed by atoms with Crippen LogP contribution >= 0.6 is 0 Å². The van der Waals surface area contributed by atoms with E-state index < -0.39 is 0 Å². The quantitative estimate of drug-likeness (QED) is 0.462. The Hall–Kier alpha value is 0.314. The van der Waals surface area contributed by atoms with Gasteiger partial charge in [0.1, 0.15) is 0 Å². The number of nitrogens with zero attached hydrogens (tertiary/aromatic N) is 3. The molecule has 0 atom stereocenters. The van der Waals surface area contributed by atoms with E-state index in [1.54, 1.807) is 0 Å². The number of hydrogen-bond acceptors (Lipinski definition) is 3. The second-order valence-electron chi connectivity index (χ2n) is 3.30. The predicted octanol–water partition coefficient (Wildman–Crippen LogP) is -1.96. The summed E-state index contributed by atoms with van der Waals surface area (Å²) in [5, 5.41) is 0. The molecule has 0 aliphatic heterocycles. The molecule has 0 spiro atoms. The van der Waals surface area contributed by atoms with Crippen LogP contribution in [0.4, 0.5) is 0 Å². The zero-order chi connectivity index (χ0) is 8.15. The summed E-state index contributed by atoms with van der Waals surface area (Å²) in [7, 11) is 10.7. The fourth-order valence-electron chi connectivity index (χ4n) is 1.01. The van der Waals surface area contributed by atoms with Crippen molar-refractivity contribution < 1.29 is 0 Å². The highest BCUT2D eigenvalue weighted by Crippen LogP contribution is 1.79. The maximum Gasteiger partial charge on any atom is 0.166 e. The van der Waals surface area contributed by atoms with Crippen LogP contribution in [0, 0.1) is 0 Å². The molecule has 0 unspecified atom stereocenters. The van der Waals surface area contributed by atoms with Gasteiger partial charge in [0, 0.05) is 0 Å². The van der Waals surface area contributed by atoms with Crippen LogP contribution in [0.25, 0.3) is 0 Å². The molecule has 0 saturated carbocycles. The minimum Gasteiger partial charge on any atom is -0.334 e. The van der Waals surface area contributed by atoms with E-state index in [-0.39, 0.29) is 19.7 Å².